The van der Waals surface area contributed by atoms with Gasteiger partial charge in [-0.15, -0.1) is 12.8 Å². The molecular formula is C25H38N4O2S. The van der Waals surface area contributed by atoms with Crippen molar-refractivity contribution in [2.45, 2.75) is 67.9 Å². The minimum Gasteiger partial charge on any atom is -0.344 e. The number of hydrogen-bond donors (Lipinski definition) is 2. The molecule has 2 aromatic rings. The molecule has 1 aromatic heterocycles. The van der Waals surface area contributed by atoms with Gasteiger partial charge in [0.05, 0.1) is 23.7 Å². The summed E-state index contributed by atoms with van der Waals surface area (Å²) in [4.78, 5) is 12.2. The number of rotatable bonds is 8. The molecule has 0 radical (unpaired) electrons. The maximum absolute atomic E-state index is 11.8. The van der Waals surface area contributed by atoms with Gasteiger partial charge in [-0.05, 0) is 65.2 Å². The van der Waals surface area contributed by atoms with Crippen LogP contribution in [0, 0.1) is 19.8 Å². The minimum absolute atomic E-state index is 0.125. The summed E-state index contributed by atoms with van der Waals surface area (Å²) in [7, 11) is -3.25. The van der Waals surface area contributed by atoms with Gasteiger partial charge in [0, 0.05) is 17.5 Å². The summed E-state index contributed by atoms with van der Waals surface area (Å²) < 4.78 is 26.2. The van der Waals surface area contributed by atoms with Crippen molar-refractivity contribution in [3.05, 3.63) is 46.9 Å². The number of hydrogen-bond acceptors (Lipinski definition) is 4. The fraction of sp³-hybridized carbons (Fsp3) is 0.440. The van der Waals surface area contributed by atoms with Crippen LogP contribution in [-0.4, -0.2) is 30.4 Å². The smallest absolute Gasteiger partial charge is 0.211 e. The fourth-order valence-electron chi connectivity index (χ4n) is 2.65. The Labute approximate surface area is 194 Å². The average molecular weight is 459 g/mol. The van der Waals surface area contributed by atoms with Crippen molar-refractivity contribution >= 4 is 21.9 Å². The first-order valence-corrected chi connectivity index (χ1v) is 12.4. The predicted molar refractivity (Wildman–Crippen MR) is 138 cm³/mol. The van der Waals surface area contributed by atoms with E-state index in [-0.39, 0.29) is 12.3 Å². The van der Waals surface area contributed by atoms with Crippen LogP contribution in [0.25, 0.3) is 11.3 Å². The highest BCUT2D eigenvalue weighted by Gasteiger charge is 2.14. The van der Waals surface area contributed by atoms with Crippen LogP contribution in [0.2, 0.25) is 0 Å². The van der Waals surface area contributed by atoms with Crippen LogP contribution in [0.3, 0.4) is 0 Å². The molecular weight excluding hydrogens is 420 g/mol. The first kappa shape index (κ1) is 29.3. The summed E-state index contributed by atoms with van der Waals surface area (Å²) in [6, 6.07) is 6.03. The van der Waals surface area contributed by atoms with E-state index in [4.69, 9.17) is 0 Å². The second-order valence-corrected chi connectivity index (χ2v) is 9.19. The van der Waals surface area contributed by atoms with E-state index in [1.807, 2.05) is 46.8 Å². The van der Waals surface area contributed by atoms with Gasteiger partial charge in [-0.25, -0.2) is 18.1 Å². The number of aliphatic imine (C=N–C) groups is 1. The zero-order valence-electron chi connectivity index (χ0n) is 20.5. The fourth-order valence-corrected chi connectivity index (χ4v) is 3.69. The number of allylic oxidation sites excluding steroid dienone is 2. The number of benzene rings is 1. The molecule has 1 aromatic carbocycles. The minimum atomic E-state index is -3.25. The maximum atomic E-state index is 11.8. The molecule has 0 amide bonds. The van der Waals surface area contributed by atoms with Crippen molar-refractivity contribution in [1.82, 2.24) is 14.7 Å². The lowest BCUT2D eigenvalue weighted by molar-refractivity contribution is 0.578. The Kier molecular flexibility index (Phi) is 13.9. The molecule has 0 bridgehead atoms. The predicted octanol–water partition coefficient (Wildman–Crippen LogP) is 5.72. The molecule has 0 unspecified atom stereocenters. The molecule has 7 heteroatoms. The summed E-state index contributed by atoms with van der Waals surface area (Å²) in [6.07, 6.45) is 13.2. The van der Waals surface area contributed by atoms with Crippen molar-refractivity contribution < 1.29 is 8.42 Å². The van der Waals surface area contributed by atoms with Gasteiger partial charge < -0.3 is 4.98 Å². The van der Waals surface area contributed by atoms with Gasteiger partial charge in [0.1, 0.15) is 5.82 Å². The second kappa shape index (κ2) is 15.2. The number of terminal acetylenes is 1. The molecule has 176 valence electrons. The van der Waals surface area contributed by atoms with Crippen LogP contribution >= 0.6 is 0 Å². The number of aromatic nitrogens is 2. The van der Waals surface area contributed by atoms with E-state index in [9.17, 15) is 8.42 Å². The third-order valence-electron chi connectivity index (χ3n) is 4.43. The summed E-state index contributed by atoms with van der Waals surface area (Å²) >= 11 is 0. The number of aromatic amines is 1. The molecule has 0 aliphatic carbocycles. The van der Waals surface area contributed by atoms with E-state index >= 15 is 0 Å². The molecule has 2 N–H and O–H groups in total. The molecule has 0 fully saturated rings. The number of imidazole rings is 1. The van der Waals surface area contributed by atoms with Crippen LogP contribution in [-0.2, 0) is 23.0 Å². The molecule has 0 saturated carbocycles. The summed E-state index contributed by atoms with van der Waals surface area (Å²) in [6.45, 7) is 14.2. The number of sulfonamides is 1. The zero-order valence-corrected chi connectivity index (χ0v) is 21.3. The Balaban J connectivity index is 0.00000121. The highest BCUT2D eigenvalue weighted by atomic mass is 32.2. The second-order valence-electron chi connectivity index (χ2n) is 7.26. The largest absolute Gasteiger partial charge is 0.344 e. The van der Waals surface area contributed by atoms with Gasteiger partial charge in [-0.1, -0.05) is 31.6 Å². The zero-order chi connectivity index (χ0) is 24.7. The van der Waals surface area contributed by atoms with E-state index in [1.54, 1.807) is 6.21 Å². The summed E-state index contributed by atoms with van der Waals surface area (Å²) in [5.74, 6) is 0.750. The molecule has 0 atom stereocenters. The molecule has 0 aliphatic heterocycles. The van der Waals surface area contributed by atoms with Crippen LogP contribution in [0.4, 0.5) is 5.69 Å². The van der Waals surface area contributed by atoms with Gasteiger partial charge in [-0.2, -0.15) is 0 Å². The van der Waals surface area contributed by atoms with Gasteiger partial charge in [0.15, 0.2) is 0 Å². The monoisotopic (exact) mass is 458 g/mol. The number of nitrogens with one attached hydrogen (secondary N) is 2. The summed E-state index contributed by atoms with van der Waals surface area (Å²) in [5.41, 5.74) is 6.25. The lowest BCUT2D eigenvalue weighted by Crippen LogP contribution is -2.26. The number of aryl methyl sites for hydroxylation is 2. The standard InChI is InChI=1S/C18H26N4O2S.C5H10.C2H2/c1-5-10-25(23,24)20-12-17-21-15(6-2)18(22-17)14-8-9-16(19-7-3)13(4)11-14;1-4-5(2)3;1-2/h7-9,11,20H,5-6,10,12H2,1-4H3,(H,21,22);4H,1-3H3;1-2H. The van der Waals surface area contributed by atoms with Gasteiger partial charge in [-0.3, -0.25) is 4.99 Å². The lowest BCUT2D eigenvalue weighted by Gasteiger charge is -2.05. The highest BCUT2D eigenvalue weighted by Crippen LogP contribution is 2.28. The van der Waals surface area contributed by atoms with Crippen molar-refractivity contribution in [2.24, 2.45) is 4.99 Å². The lowest BCUT2D eigenvalue weighted by atomic mass is 10.1. The van der Waals surface area contributed by atoms with Gasteiger partial charge in [0.2, 0.25) is 10.0 Å². The van der Waals surface area contributed by atoms with Gasteiger partial charge >= 0.3 is 0 Å². The van der Waals surface area contributed by atoms with Crippen LogP contribution < -0.4 is 4.72 Å². The SMILES string of the molecule is C#C.CC=C(C)C.CC=Nc1ccc(-c2nc(CNS(=O)(=O)CCC)[nH]c2CC)cc1C. The van der Waals surface area contributed by atoms with E-state index in [0.29, 0.717) is 12.2 Å². The Morgan fingerprint density at radius 3 is 2.31 bits per heavy atom. The highest BCUT2D eigenvalue weighted by molar-refractivity contribution is 7.89. The van der Waals surface area contributed by atoms with Crippen molar-refractivity contribution in [3.63, 3.8) is 0 Å². The summed E-state index contributed by atoms with van der Waals surface area (Å²) in [5, 5.41) is 0. The normalized spacial score (nSPS) is 10.7. The first-order valence-electron chi connectivity index (χ1n) is 10.7. The Bertz CT molecular complexity index is 1010. The van der Waals surface area contributed by atoms with Crippen molar-refractivity contribution in [1.29, 1.82) is 0 Å². The molecule has 0 aliphatic rings. The Morgan fingerprint density at radius 2 is 1.84 bits per heavy atom. The third-order valence-corrected chi connectivity index (χ3v) is 5.96. The van der Waals surface area contributed by atoms with Crippen molar-refractivity contribution in [3.8, 4) is 24.1 Å². The molecule has 32 heavy (non-hydrogen) atoms. The van der Waals surface area contributed by atoms with Crippen LogP contribution in [0.1, 0.15) is 65.0 Å². The van der Waals surface area contributed by atoms with Crippen molar-refractivity contribution in [2.75, 3.05) is 5.75 Å². The Morgan fingerprint density at radius 1 is 1.22 bits per heavy atom. The first-order chi connectivity index (χ1) is 15.2. The molecule has 1 heterocycles. The Hall–Kier alpha value is -2.69. The average Bonchev–Trinajstić information content (AvgIpc) is 3.19. The van der Waals surface area contributed by atoms with Gasteiger partial charge in [0.25, 0.3) is 0 Å². The molecule has 2 rings (SSSR count). The quantitative estimate of drug-likeness (QED) is 0.301. The van der Waals surface area contributed by atoms with E-state index in [2.05, 4.69) is 58.5 Å². The third kappa shape index (κ3) is 10.1. The van der Waals surface area contributed by atoms with Crippen LogP contribution in [0.5, 0.6) is 0 Å². The molecule has 6 nitrogen and oxygen atoms in total. The van der Waals surface area contributed by atoms with Crippen LogP contribution in [0.15, 0.2) is 34.8 Å². The van der Waals surface area contributed by atoms with E-state index in [0.717, 1.165) is 34.6 Å². The number of H-pyrrole nitrogens is 1. The molecule has 0 saturated heterocycles. The van der Waals surface area contributed by atoms with E-state index < -0.39 is 10.0 Å². The molecule has 0 spiro atoms. The van der Waals surface area contributed by atoms with E-state index in [1.165, 1.54) is 5.57 Å². The maximum Gasteiger partial charge on any atom is 0.211 e. The topological polar surface area (TPSA) is 87.2 Å². The number of nitrogens with zero attached hydrogens (tertiary/aromatic N) is 2.